The Morgan fingerprint density at radius 3 is 2.67 bits per heavy atom. The highest BCUT2D eigenvalue weighted by Crippen LogP contribution is 2.29. The standard InChI is InChI=1S/C16H13ClN2O3S2/c1-9-4-3-5-12-14(9)18-16(23-12)19-15(20)10-6-7-11(17)13(8-10)24(2,21)22/h3-8H,1-2H3,(H,18,19,20). The van der Waals surface area contributed by atoms with Crippen molar-refractivity contribution in [2.45, 2.75) is 11.8 Å². The molecule has 0 bridgehead atoms. The molecule has 0 saturated carbocycles. The van der Waals surface area contributed by atoms with E-state index in [1.165, 1.54) is 29.5 Å². The van der Waals surface area contributed by atoms with Crippen molar-refractivity contribution in [3.05, 3.63) is 52.5 Å². The highest BCUT2D eigenvalue weighted by atomic mass is 35.5. The number of anilines is 1. The first-order valence-corrected chi connectivity index (χ1v) is 10.0. The maximum atomic E-state index is 12.4. The summed E-state index contributed by atoms with van der Waals surface area (Å²) in [7, 11) is -3.51. The normalized spacial score (nSPS) is 11.6. The van der Waals surface area contributed by atoms with Crippen LogP contribution in [0, 0.1) is 6.92 Å². The first kappa shape index (κ1) is 16.9. The van der Waals surface area contributed by atoms with Crippen LogP contribution in [0.15, 0.2) is 41.3 Å². The summed E-state index contributed by atoms with van der Waals surface area (Å²) < 4.78 is 24.4. The number of hydrogen-bond acceptors (Lipinski definition) is 5. The number of para-hydroxylation sites is 1. The monoisotopic (exact) mass is 380 g/mol. The van der Waals surface area contributed by atoms with Crippen molar-refractivity contribution in [1.29, 1.82) is 0 Å². The van der Waals surface area contributed by atoms with E-state index in [4.69, 9.17) is 11.6 Å². The van der Waals surface area contributed by atoms with Gasteiger partial charge in [-0.2, -0.15) is 0 Å². The van der Waals surface area contributed by atoms with Crippen LogP contribution < -0.4 is 5.32 Å². The smallest absolute Gasteiger partial charge is 0.257 e. The van der Waals surface area contributed by atoms with Crippen LogP contribution in [-0.4, -0.2) is 25.6 Å². The minimum absolute atomic E-state index is 0.0723. The van der Waals surface area contributed by atoms with E-state index in [-0.39, 0.29) is 15.5 Å². The van der Waals surface area contributed by atoms with Gasteiger partial charge in [0.2, 0.25) is 0 Å². The molecule has 1 N–H and O–H groups in total. The van der Waals surface area contributed by atoms with E-state index in [1.54, 1.807) is 0 Å². The fourth-order valence-electron chi connectivity index (χ4n) is 2.24. The van der Waals surface area contributed by atoms with E-state index in [2.05, 4.69) is 10.3 Å². The zero-order valence-corrected chi connectivity index (χ0v) is 15.2. The molecule has 8 heteroatoms. The van der Waals surface area contributed by atoms with Gasteiger partial charge in [0.25, 0.3) is 5.91 Å². The summed E-state index contributed by atoms with van der Waals surface area (Å²) in [5.74, 6) is -0.437. The lowest BCUT2D eigenvalue weighted by atomic mass is 10.2. The number of aryl methyl sites for hydroxylation is 1. The average molecular weight is 381 g/mol. The first-order valence-electron chi connectivity index (χ1n) is 6.93. The summed E-state index contributed by atoms with van der Waals surface area (Å²) in [6, 6.07) is 9.95. The van der Waals surface area contributed by atoms with Crippen molar-refractivity contribution in [2.24, 2.45) is 0 Å². The zero-order chi connectivity index (χ0) is 17.5. The molecule has 0 radical (unpaired) electrons. The highest BCUT2D eigenvalue weighted by Gasteiger charge is 2.17. The number of halogens is 1. The van der Waals surface area contributed by atoms with Crippen molar-refractivity contribution >= 4 is 54.0 Å². The Morgan fingerprint density at radius 2 is 2.00 bits per heavy atom. The van der Waals surface area contributed by atoms with E-state index in [0.717, 1.165) is 22.0 Å². The molecule has 1 heterocycles. The Balaban J connectivity index is 1.93. The van der Waals surface area contributed by atoms with Gasteiger partial charge in [0.1, 0.15) is 0 Å². The van der Waals surface area contributed by atoms with Gasteiger partial charge in [-0.05, 0) is 36.8 Å². The third-order valence-electron chi connectivity index (χ3n) is 3.43. The molecule has 1 amide bonds. The van der Waals surface area contributed by atoms with Gasteiger partial charge in [-0.25, -0.2) is 13.4 Å². The quantitative estimate of drug-likeness (QED) is 0.747. The maximum absolute atomic E-state index is 12.4. The molecular formula is C16H13ClN2O3S2. The number of fused-ring (bicyclic) bond motifs is 1. The van der Waals surface area contributed by atoms with Crippen LogP contribution in [-0.2, 0) is 9.84 Å². The molecular weight excluding hydrogens is 368 g/mol. The Kier molecular flexibility index (Phi) is 4.33. The summed E-state index contributed by atoms with van der Waals surface area (Å²) >= 11 is 7.26. The van der Waals surface area contributed by atoms with E-state index in [0.29, 0.717) is 5.13 Å². The molecule has 0 unspecified atom stereocenters. The molecule has 0 aliphatic heterocycles. The molecule has 3 rings (SSSR count). The zero-order valence-electron chi connectivity index (χ0n) is 12.8. The summed E-state index contributed by atoms with van der Waals surface area (Å²) in [6.07, 6.45) is 1.05. The minimum Gasteiger partial charge on any atom is -0.298 e. The molecule has 2 aromatic carbocycles. The van der Waals surface area contributed by atoms with Crippen LogP contribution in [0.4, 0.5) is 5.13 Å². The van der Waals surface area contributed by atoms with Gasteiger partial charge in [-0.3, -0.25) is 10.1 Å². The molecule has 5 nitrogen and oxygen atoms in total. The molecule has 3 aromatic rings. The fourth-order valence-corrected chi connectivity index (χ4v) is 4.48. The number of sulfone groups is 1. The molecule has 124 valence electrons. The average Bonchev–Trinajstić information content (AvgIpc) is 2.90. The van der Waals surface area contributed by atoms with Crippen molar-refractivity contribution < 1.29 is 13.2 Å². The molecule has 0 aliphatic rings. The molecule has 0 spiro atoms. The number of thiazole rings is 1. The third kappa shape index (κ3) is 3.28. The Morgan fingerprint density at radius 1 is 1.25 bits per heavy atom. The summed E-state index contributed by atoms with van der Waals surface area (Å²) in [5.41, 5.74) is 2.07. The summed E-state index contributed by atoms with van der Waals surface area (Å²) in [5, 5.41) is 3.25. The Bertz CT molecular complexity index is 1060. The summed E-state index contributed by atoms with van der Waals surface area (Å²) in [6.45, 7) is 1.95. The predicted octanol–water partition coefficient (Wildman–Crippen LogP) is 3.91. The first-order chi connectivity index (χ1) is 11.3. The van der Waals surface area contributed by atoms with Gasteiger partial charge in [0.05, 0.1) is 20.1 Å². The van der Waals surface area contributed by atoms with E-state index < -0.39 is 15.7 Å². The van der Waals surface area contributed by atoms with Crippen LogP contribution in [0.2, 0.25) is 5.02 Å². The fraction of sp³-hybridized carbons (Fsp3) is 0.125. The molecule has 0 saturated heterocycles. The van der Waals surface area contributed by atoms with E-state index >= 15 is 0 Å². The topological polar surface area (TPSA) is 76.1 Å². The number of carbonyl (C=O) groups is 1. The largest absolute Gasteiger partial charge is 0.298 e. The van der Waals surface area contributed by atoms with E-state index in [1.807, 2.05) is 25.1 Å². The van der Waals surface area contributed by atoms with Gasteiger partial charge in [-0.15, -0.1) is 0 Å². The summed E-state index contributed by atoms with van der Waals surface area (Å²) in [4.78, 5) is 16.7. The van der Waals surface area contributed by atoms with Crippen molar-refractivity contribution in [1.82, 2.24) is 4.98 Å². The number of amides is 1. The number of aromatic nitrogens is 1. The molecule has 0 atom stereocenters. The van der Waals surface area contributed by atoms with Gasteiger partial charge >= 0.3 is 0 Å². The Hall–Kier alpha value is -1.96. The second kappa shape index (κ2) is 6.16. The van der Waals surface area contributed by atoms with Gasteiger partial charge in [0, 0.05) is 11.8 Å². The van der Waals surface area contributed by atoms with Crippen LogP contribution in [0.3, 0.4) is 0 Å². The SMILES string of the molecule is Cc1cccc2sc(NC(=O)c3ccc(Cl)c(S(C)(=O)=O)c3)nc12. The van der Waals surface area contributed by atoms with Gasteiger partial charge in [0.15, 0.2) is 15.0 Å². The van der Waals surface area contributed by atoms with Crippen LogP contribution in [0.1, 0.15) is 15.9 Å². The number of rotatable bonds is 3. The lowest BCUT2D eigenvalue weighted by molar-refractivity contribution is 0.102. The molecule has 0 aliphatic carbocycles. The minimum atomic E-state index is -3.51. The molecule has 1 aromatic heterocycles. The van der Waals surface area contributed by atoms with Crippen LogP contribution in [0.5, 0.6) is 0 Å². The van der Waals surface area contributed by atoms with Crippen LogP contribution in [0.25, 0.3) is 10.2 Å². The lowest BCUT2D eigenvalue weighted by Crippen LogP contribution is -2.12. The second-order valence-electron chi connectivity index (χ2n) is 5.31. The second-order valence-corrected chi connectivity index (χ2v) is 8.73. The number of hydrogen-bond donors (Lipinski definition) is 1. The molecule has 24 heavy (non-hydrogen) atoms. The predicted molar refractivity (Wildman–Crippen MR) is 96.9 cm³/mol. The number of carbonyl (C=O) groups excluding carboxylic acids is 1. The number of benzene rings is 2. The number of nitrogens with one attached hydrogen (secondary N) is 1. The van der Waals surface area contributed by atoms with E-state index in [9.17, 15) is 13.2 Å². The van der Waals surface area contributed by atoms with Crippen LogP contribution >= 0.6 is 22.9 Å². The van der Waals surface area contributed by atoms with Crippen molar-refractivity contribution in [3.63, 3.8) is 0 Å². The van der Waals surface area contributed by atoms with Crippen molar-refractivity contribution in [3.8, 4) is 0 Å². The lowest BCUT2D eigenvalue weighted by Gasteiger charge is -2.06. The number of nitrogens with zero attached hydrogens (tertiary/aromatic N) is 1. The van der Waals surface area contributed by atoms with Gasteiger partial charge in [-0.1, -0.05) is 35.1 Å². The highest BCUT2D eigenvalue weighted by molar-refractivity contribution is 7.90. The van der Waals surface area contributed by atoms with Crippen molar-refractivity contribution in [2.75, 3.05) is 11.6 Å². The van der Waals surface area contributed by atoms with Gasteiger partial charge < -0.3 is 0 Å². The molecule has 0 fully saturated rings. The third-order valence-corrected chi connectivity index (χ3v) is 5.95. The Labute approximate surface area is 148 Å². The maximum Gasteiger partial charge on any atom is 0.257 e.